The number of alkyl halides is 1. The van der Waals surface area contributed by atoms with Crippen LogP contribution < -0.4 is 0 Å². The van der Waals surface area contributed by atoms with E-state index in [4.69, 9.17) is 20.9 Å². The molecule has 4 heteroatoms. The minimum Gasteiger partial charge on any atom is -0.381 e. The number of halogens is 1. The highest BCUT2D eigenvalue weighted by Crippen LogP contribution is 2.29. The normalized spacial score (nSPS) is 22.5. The zero-order valence-corrected chi connectivity index (χ0v) is 8.30. The fourth-order valence-corrected chi connectivity index (χ4v) is 1.88. The molecule has 1 aliphatic rings. The molecular formula is C9H12ClNO2. The van der Waals surface area contributed by atoms with Crippen molar-refractivity contribution in [1.29, 1.82) is 0 Å². The van der Waals surface area contributed by atoms with Gasteiger partial charge in [0, 0.05) is 18.1 Å². The molecule has 0 radical (unpaired) electrons. The maximum atomic E-state index is 5.70. The van der Waals surface area contributed by atoms with E-state index in [2.05, 4.69) is 5.16 Å². The first-order valence-corrected chi connectivity index (χ1v) is 4.95. The van der Waals surface area contributed by atoms with E-state index in [9.17, 15) is 0 Å². The predicted octanol–water partition coefficient (Wildman–Crippen LogP) is 2.23. The second kappa shape index (κ2) is 3.68. The molecule has 0 spiro atoms. The van der Waals surface area contributed by atoms with Crippen molar-refractivity contribution in [2.24, 2.45) is 0 Å². The van der Waals surface area contributed by atoms with Crippen LogP contribution in [0.15, 0.2) is 4.52 Å². The lowest BCUT2D eigenvalue weighted by Crippen LogP contribution is -1.97. The Hall–Kier alpha value is -0.540. The molecule has 0 aromatic carbocycles. The monoisotopic (exact) mass is 201 g/mol. The minimum atomic E-state index is 0.379. The van der Waals surface area contributed by atoms with E-state index in [0.717, 1.165) is 36.7 Å². The second-order valence-electron chi connectivity index (χ2n) is 3.31. The number of hydrogen-bond donors (Lipinski definition) is 0. The van der Waals surface area contributed by atoms with Gasteiger partial charge in [-0.15, -0.1) is 11.6 Å². The van der Waals surface area contributed by atoms with Gasteiger partial charge < -0.3 is 9.26 Å². The summed E-state index contributed by atoms with van der Waals surface area (Å²) in [5, 5.41) is 3.92. The molecule has 72 valence electrons. The molecular weight excluding hydrogens is 190 g/mol. The lowest BCUT2D eigenvalue weighted by Gasteiger charge is -2.02. The summed E-state index contributed by atoms with van der Waals surface area (Å²) in [5.74, 6) is 1.75. The van der Waals surface area contributed by atoms with E-state index in [1.165, 1.54) is 0 Å². The first-order valence-electron chi connectivity index (χ1n) is 4.41. The Morgan fingerprint density at radius 1 is 1.62 bits per heavy atom. The van der Waals surface area contributed by atoms with Crippen molar-refractivity contribution in [3.63, 3.8) is 0 Å². The van der Waals surface area contributed by atoms with Gasteiger partial charge in [0.05, 0.1) is 12.5 Å². The van der Waals surface area contributed by atoms with Crippen LogP contribution in [0, 0.1) is 6.92 Å². The van der Waals surface area contributed by atoms with Crippen LogP contribution in [0.1, 0.15) is 29.4 Å². The van der Waals surface area contributed by atoms with E-state index < -0.39 is 0 Å². The molecule has 1 aromatic heterocycles. The summed E-state index contributed by atoms with van der Waals surface area (Å²) in [4.78, 5) is 0. The minimum absolute atomic E-state index is 0.379. The van der Waals surface area contributed by atoms with Gasteiger partial charge in [0.1, 0.15) is 11.5 Å². The lowest BCUT2D eigenvalue weighted by molar-refractivity contribution is 0.189. The van der Waals surface area contributed by atoms with Gasteiger partial charge in [0.25, 0.3) is 0 Å². The summed E-state index contributed by atoms with van der Waals surface area (Å²) in [6.45, 7) is 3.57. The van der Waals surface area contributed by atoms with Gasteiger partial charge in [-0.25, -0.2) is 0 Å². The zero-order valence-electron chi connectivity index (χ0n) is 7.55. The summed E-state index contributed by atoms with van der Waals surface area (Å²) in [5.41, 5.74) is 1.94. The molecule has 2 rings (SSSR count). The van der Waals surface area contributed by atoms with E-state index in [1.807, 2.05) is 6.92 Å². The number of ether oxygens (including phenoxy) is 1. The molecule has 1 aromatic rings. The number of aromatic nitrogens is 1. The van der Waals surface area contributed by atoms with Crippen molar-refractivity contribution >= 4 is 11.6 Å². The van der Waals surface area contributed by atoms with Crippen LogP contribution in [0.5, 0.6) is 0 Å². The van der Waals surface area contributed by atoms with Gasteiger partial charge in [-0.05, 0) is 13.3 Å². The second-order valence-corrected chi connectivity index (χ2v) is 3.58. The number of hydrogen-bond acceptors (Lipinski definition) is 3. The van der Waals surface area contributed by atoms with Crippen LogP contribution in [-0.2, 0) is 10.6 Å². The first kappa shape index (κ1) is 9.03. The Labute approximate surface area is 82.0 Å². The summed E-state index contributed by atoms with van der Waals surface area (Å²) >= 11 is 5.70. The molecule has 2 heterocycles. The maximum Gasteiger partial charge on any atom is 0.145 e. The largest absolute Gasteiger partial charge is 0.381 e. The SMILES string of the molecule is Cc1c(CCl)noc1C1CCOC1. The third kappa shape index (κ3) is 1.58. The summed E-state index contributed by atoms with van der Waals surface area (Å²) in [6.07, 6.45) is 1.03. The average Bonchev–Trinajstić information content (AvgIpc) is 2.72. The molecule has 1 unspecified atom stereocenters. The van der Waals surface area contributed by atoms with Crippen LogP contribution in [0.4, 0.5) is 0 Å². The van der Waals surface area contributed by atoms with Gasteiger partial charge in [-0.2, -0.15) is 0 Å². The van der Waals surface area contributed by atoms with E-state index in [-0.39, 0.29) is 0 Å². The quantitative estimate of drug-likeness (QED) is 0.689. The van der Waals surface area contributed by atoms with Crippen molar-refractivity contribution < 1.29 is 9.26 Å². The van der Waals surface area contributed by atoms with E-state index in [0.29, 0.717) is 11.8 Å². The van der Waals surface area contributed by atoms with Crippen molar-refractivity contribution in [3.05, 3.63) is 17.0 Å². The van der Waals surface area contributed by atoms with Gasteiger partial charge in [-0.3, -0.25) is 0 Å². The van der Waals surface area contributed by atoms with Crippen LogP contribution in [-0.4, -0.2) is 18.4 Å². The maximum absolute atomic E-state index is 5.70. The number of rotatable bonds is 2. The third-order valence-electron chi connectivity index (χ3n) is 2.48. The average molecular weight is 202 g/mol. The Kier molecular flexibility index (Phi) is 2.56. The Bertz CT molecular complexity index is 292. The molecule has 13 heavy (non-hydrogen) atoms. The molecule has 1 aliphatic heterocycles. The Morgan fingerprint density at radius 2 is 2.46 bits per heavy atom. The molecule has 0 amide bonds. The fraction of sp³-hybridized carbons (Fsp3) is 0.667. The first-order chi connectivity index (χ1) is 6.33. The van der Waals surface area contributed by atoms with Gasteiger partial charge in [-0.1, -0.05) is 5.16 Å². The standard InChI is InChI=1S/C9H12ClNO2/c1-6-8(4-10)11-13-9(6)7-2-3-12-5-7/h7H,2-5H2,1H3. The Morgan fingerprint density at radius 3 is 3.00 bits per heavy atom. The van der Waals surface area contributed by atoms with Crippen LogP contribution in [0.25, 0.3) is 0 Å². The van der Waals surface area contributed by atoms with Crippen LogP contribution in [0.3, 0.4) is 0 Å². The predicted molar refractivity (Wildman–Crippen MR) is 49.0 cm³/mol. The van der Waals surface area contributed by atoms with Gasteiger partial charge >= 0.3 is 0 Å². The lowest BCUT2D eigenvalue weighted by atomic mass is 10.0. The van der Waals surface area contributed by atoms with E-state index in [1.54, 1.807) is 0 Å². The highest BCUT2D eigenvalue weighted by atomic mass is 35.5. The fourth-order valence-electron chi connectivity index (χ4n) is 1.63. The molecule has 1 fully saturated rings. The smallest absolute Gasteiger partial charge is 0.145 e. The van der Waals surface area contributed by atoms with Crippen molar-refractivity contribution in [2.75, 3.05) is 13.2 Å². The molecule has 0 aliphatic carbocycles. The third-order valence-corrected chi connectivity index (χ3v) is 2.74. The summed E-state index contributed by atoms with van der Waals surface area (Å²) in [7, 11) is 0. The van der Waals surface area contributed by atoms with Crippen molar-refractivity contribution in [3.8, 4) is 0 Å². The Balaban J connectivity index is 2.24. The summed E-state index contributed by atoms with van der Waals surface area (Å²) in [6, 6.07) is 0. The van der Waals surface area contributed by atoms with Crippen molar-refractivity contribution in [2.45, 2.75) is 25.1 Å². The highest BCUT2D eigenvalue weighted by molar-refractivity contribution is 6.17. The van der Waals surface area contributed by atoms with Crippen LogP contribution >= 0.6 is 11.6 Å². The molecule has 1 saturated heterocycles. The van der Waals surface area contributed by atoms with Gasteiger partial charge in [0.2, 0.25) is 0 Å². The molecule has 0 bridgehead atoms. The zero-order chi connectivity index (χ0) is 9.26. The van der Waals surface area contributed by atoms with Crippen LogP contribution in [0.2, 0.25) is 0 Å². The van der Waals surface area contributed by atoms with Crippen molar-refractivity contribution in [1.82, 2.24) is 5.16 Å². The highest BCUT2D eigenvalue weighted by Gasteiger charge is 2.24. The molecule has 1 atom stereocenters. The molecule has 0 N–H and O–H groups in total. The topological polar surface area (TPSA) is 35.3 Å². The van der Waals surface area contributed by atoms with Gasteiger partial charge in [0.15, 0.2) is 0 Å². The van der Waals surface area contributed by atoms with E-state index >= 15 is 0 Å². The molecule has 3 nitrogen and oxygen atoms in total. The molecule has 0 saturated carbocycles. The number of nitrogens with zero attached hydrogens (tertiary/aromatic N) is 1. The summed E-state index contributed by atoms with van der Waals surface area (Å²) < 4.78 is 10.5.